The fraction of sp³-hybridized carbons (Fsp3) is 0.0588. The lowest BCUT2D eigenvalue weighted by atomic mass is 10.0. The summed E-state index contributed by atoms with van der Waals surface area (Å²) < 4.78 is 0. The number of rotatable bonds is 8. The Kier molecular flexibility index (Phi) is 6.72. The SMILES string of the molecule is C=C/C=C(\C=C)C(=S)C(=O)CC(=O)C(=S)c1ccccc1. The predicted octanol–water partition coefficient (Wildman–Crippen LogP) is 3.60. The van der Waals surface area contributed by atoms with Crippen LogP contribution in [0, 0.1) is 0 Å². The van der Waals surface area contributed by atoms with Gasteiger partial charge < -0.3 is 0 Å². The molecule has 0 aliphatic carbocycles. The Labute approximate surface area is 134 Å². The highest BCUT2D eigenvalue weighted by Gasteiger charge is 2.19. The second kappa shape index (κ2) is 8.29. The quantitative estimate of drug-likeness (QED) is 0.241. The van der Waals surface area contributed by atoms with Crippen molar-refractivity contribution < 1.29 is 9.59 Å². The third-order valence-electron chi connectivity index (χ3n) is 2.64. The van der Waals surface area contributed by atoms with Crippen LogP contribution in [0.25, 0.3) is 0 Å². The van der Waals surface area contributed by atoms with Crippen molar-refractivity contribution in [1.82, 2.24) is 0 Å². The van der Waals surface area contributed by atoms with E-state index in [1.165, 1.54) is 12.2 Å². The lowest BCUT2D eigenvalue weighted by Crippen LogP contribution is -2.22. The lowest BCUT2D eigenvalue weighted by molar-refractivity contribution is -0.119. The fourth-order valence-corrected chi connectivity index (χ4v) is 2.01. The fourth-order valence-electron chi connectivity index (χ4n) is 1.58. The second-order valence-corrected chi connectivity index (χ2v) is 4.93. The molecule has 0 spiro atoms. The van der Waals surface area contributed by atoms with Gasteiger partial charge in [-0.1, -0.05) is 86.2 Å². The number of allylic oxidation sites excluding steroid dienone is 4. The summed E-state index contributed by atoms with van der Waals surface area (Å²) in [7, 11) is 0. The van der Waals surface area contributed by atoms with E-state index >= 15 is 0 Å². The minimum Gasteiger partial charge on any atom is -0.293 e. The zero-order chi connectivity index (χ0) is 15.8. The summed E-state index contributed by atoms with van der Waals surface area (Å²) in [6.45, 7) is 7.11. The molecule has 1 aromatic carbocycles. The van der Waals surface area contributed by atoms with Crippen LogP contribution in [-0.4, -0.2) is 21.3 Å². The number of ketones is 2. The van der Waals surface area contributed by atoms with Crippen molar-refractivity contribution in [1.29, 1.82) is 0 Å². The van der Waals surface area contributed by atoms with Gasteiger partial charge in [0, 0.05) is 0 Å². The molecule has 1 aromatic rings. The first-order valence-electron chi connectivity index (χ1n) is 6.16. The number of hydrogen-bond donors (Lipinski definition) is 0. The standard InChI is InChI=1S/C17H14O2S2/c1-3-8-12(4-2)16(20)14(18)11-15(19)17(21)13-9-6-5-7-10-13/h3-10H,1-2,11H2/b12-8+. The first-order chi connectivity index (χ1) is 10.0. The van der Waals surface area contributed by atoms with Crippen LogP contribution >= 0.6 is 24.4 Å². The zero-order valence-electron chi connectivity index (χ0n) is 11.4. The first kappa shape index (κ1) is 17.0. The molecule has 0 N–H and O–H groups in total. The van der Waals surface area contributed by atoms with E-state index in [-0.39, 0.29) is 16.1 Å². The molecule has 0 bridgehead atoms. The maximum absolute atomic E-state index is 12.0. The molecule has 0 unspecified atom stereocenters. The molecule has 0 atom stereocenters. The average molecular weight is 314 g/mol. The highest BCUT2D eigenvalue weighted by Crippen LogP contribution is 2.08. The second-order valence-electron chi connectivity index (χ2n) is 4.11. The number of Topliss-reactive ketones (excluding diaryl/α,β-unsaturated/α-hetero) is 2. The van der Waals surface area contributed by atoms with Crippen LogP contribution in [0.4, 0.5) is 0 Å². The summed E-state index contributed by atoms with van der Waals surface area (Å²) in [5.74, 6) is -0.855. The van der Waals surface area contributed by atoms with Gasteiger partial charge in [-0.2, -0.15) is 0 Å². The number of carbonyl (C=O) groups is 2. The smallest absolute Gasteiger partial charge is 0.182 e. The molecule has 21 heavy (non-hydrogen) atoms. The van der Waals surface area contributed by atoms with Gasteiger partial charge in [0.15, 0.2) is 11.6 Å². The molecule has 0 radical (unpaired) electrons. The topological polar surface area (TPSA) is 34.1 Å². The molecule has 0 saturated heterocycles. The Balaban J connectivity index is 2.79. The van der Waals surface area contributed by atoms with Crippen LogP contribution < -0.4 is 0 Å². The molecular formula is C17H14O2S2. The van der Waals surface area contributed by atoms with Gasteiger partial charge in [-0.3, -0.25) is 9.59 Å². The van der Waals surface area contributed by atoms with Crippen molar-refractivity contribution in [2.24, 2.45) is 0 Å². The molecule has 2 nitrogen and oxygen atoms in total. The molecule has 0 amide bonds. The van der Waals surface area contributed by atoms with E-state index < -0.39 is 11.6 Å². The highest BCUT2D eigenvalue weighted by molar-refractivity contribution is 7.83. The highest BCUT2D eigenvalue weighted by atomic mass is 32.1. The summed E-state index contributed by atoms with van der Waals surface area (Å²) >= 11 is 10.1. The average Bonchev–Trinajstić information content (AvgIpc) is 2.51. The van der Waals surface area contributed by atoms with Crippen LogP contribution in [0.5, 0.6) is 0 Å². The Morgan fingerprint density at radius 3 is 2.19 bits per heavy atom. The van der Waals surface area contributed by atoms with Gasteiger partial charge in [-0.05, 0) is 11.1 Å². The summed E-state index contributed by atoms with van der Waals surface area (Å²) in [6, 6.07) is 8.85. The summed E-state index contributed by atoms with van der Waals surface area (Å²) in [5.41, 5.74) is 1.10. The van der Waals surface area contributed by atoms with E-state index in [0.717, 1.165) is 0 Å². The Hall–Kier alpha value is -2.04. The van der Waals surface area contributed by atoms with E-state index in [9.17, 15) is 9.59 Å². The third-order valence-corrected chi connectivity index (χ3v) is 3.57. The molecule has 1 rings (SSSR count). The zero-order valence-corrected chi connectivity index (χ0v) is 13.0. The molecular weight excluding hydrogens is 300 g/mol. The minimum atomic E-state index is -0.443. The molecule has 0 heterocycles. The van der Waals surface area contributed by atoms with Gasteiger partial charge in [0.1, 0.15) is 0 Å². The van der Waals surface area contributed by atoms with E-state index in [0.29, 0.717) is 11.1 Å². The van der Waals surface area contributed by atoms with Gasteiger partial charge in [0.25, 0.3) is 0 Å². The first-order valence-corrected chi connectivity index (χ1v) is 6.98. The largest absolute Gasteiger partial charge is 0.293 e. The number of benzene rings is 1. The molecule has 106 valence electrons. The summed E-state index contributed by atoms with van der Waals surface area (Å²) in [4.78, 5) is 24.3. The van der Waals surface area contributed by atoms with Gasteiger partial charge in [-0.25, -0.2) is 0 Å². The molecule has 0 aliphatic heterocycles. The van der Waals surface area contributed by atoms with Gasteiger partial charge >= 0.3 is 0 Å². The van der Waals surface area contributed by atoms with Crippen molar-refractivity contribution >= 4 is 45.7 Å². The van der Waals surface area contributed by atoms with Gasteiger partial charge in [0.2, 0.25) is 0 Å². The normalized spacial score (nSPS) is 10.6. The van der Waals surface area contributed by atoms with Crippen LogP contribution in [0.3, 0.4) is 0 Å². The molecule has 0 fully saturated rings. The van der Waals surface area contributed by atoms with Gasteiger partial charge in [-0.15, -0.1) is 0 Å². The number of thiocarbonyl (C=S) groups is 2. The molecule has 0 saturated carbocycles. The van der Waals surface area contributed by atoms with E-state index in [1.807, 2.05) is 6.07 Å². The van der Waals surface area contributed by atoms with Crippen LogP contribution in [0.2, 0.25) is 0 Å². The number of hydrogen-bond acceptors (Lipinski definition) is 4. The van der Waals surface area contributed by atoms with Crippen LogP contribution in [0.15, 0.2) is 67.3 Å². The Morgan fingerprint density at radius 1 is 1.05 bits per heavy atom. The van der Waals surface area contributed by atoms with E-state index in [1.54, 1.807) is 30.3 Å². The van der Waals surface area contributed by atoms with Crippen molar-refractivity contribution in [3.63, 3.8) is 0 Å². The minimum absolute atomic E-state index is 0.0640. The monoisotopic (exact) mass is 314 g/mol. The van der Waals surface area contributed by atoms with Crippen molar-refractivity contribution in [3.8, 4) is 0 Å². The Bertz CT molecular complexity index is 640. The van der Waals surface area contributed by atoms with E-state index in [2.05, 4.69) is 13.2 Å². The maximum Gasteiger partial charge on any atom is 0.182 e. The predicted molar refractivity (Wildman–Crippen MR) is 93.8 cm³/mol. The third kappa shape index (κ3) is 4.77. The van der Waals surface area contributed by atoms with Crippen LogP contribution in [0.1, 0.15) is 12.0 Å². The molecule has 0 aromatic heterocycles. The Morgan fingerprint density at radius 2 is 1.67 bits per heavy atom. The maximum atomic E-state index is 12.0. The summed E-state index contributed by atoms with van der Waals surface area (Å²) in [6.07, 6.45) is 4.21. The van der Waals surface area contributed by atoms with Gasteiger partial charge in [0.05, 0.1) is 16.1 Å². The van der Waals surface area contributed by atoms with Crippen molar-refractivity contribution in [2.45, 2.75) is 6.42 Å². The molecule has 4 heteroatoms. The lowest BCUT2D eigenvalue weighted by Gasteiger charge is -2.05. The van der Waals surface area contributed by atoms with E-state index in [4.69, 9.17) is 24.4 Å². The summed E-state index contributed by atoms with van der Waals surface area (Å²) in [5, 5.41) is 0. The number of carbonyl (C=O) groups excluding carboxylic acids is 2. The van der Waals surface area contributed by atoms with Crippen molar-refractivity contribution in [3.05, 3.63) is 72.9 Å². The molecule has 0 aliphatic rings. The van der Waals surface area contributed by atoms with Crippen molar-refractivity contribution in [2.75, 3.05) is 0 Å². The van der Waals surface area contributed by atoms with Crippen LogP contribution in [-0.2, 0) is 9.59 Å².